The molecule has 5 nitrogen and oxygen atoms in total. The summed E-state index contributed by atoms with van der Waals surface area (Å²) < 4.78 is 27.3. The fourth-order valence-electron chi connectivity index (χ4n) is 2.58. The first-order chi connectivity index (χ1) is 9.70. The predicted octanol–water partition coefficient (Wildman–Crippen LogP) is 2.63. The number of carboxylic acid groups (broad SMARTS) is 1. The minimum absolute atomic E-state index is 0.0397. The molecule has 0 aliphatic heterocycles. The Morgan fingerprint density at radius 2 is 1.71 bits per heavy atom. The first kappa shape index (κ1) is 16.0. The molecule has 0 heterocycles. The lowest BCUT2D eigenvalue weighted by Crippen LogP contribution is -2.39. The minimum Gasteiger partial charge on any atom is -0.478 e. The summed E-state index contributed by atoms with van der Waals surface area (Å²) in [5, 5.41) is 8.82. The van der Waals surface area contributed by atoms with Crippen molar-refractivity contribution in [1.82, 2.24) is 4.72 Å². The third-order valence-corrected chi connectivity index (χ3v) is 5.61. The molecule has 116 valence electrons. The van der Waals surface area contributed by atoms with E-state index in [0.29, 0.717) is 0 Å². The summed E-state index contributed by atoms with van der Waals surface area (Å²) in [6.45, 7) is 4.39. The van der Waals surface area contributed by atoms with E-state index in [1.54, 1.807) is 0 Å². The van der Waals surface area contributed by atoms with Gasteiger partial charge in [-0.1, -0.05) is 13.8 Å². The number of carbonyl (C=O) groups is 1. The highest BCUT2D eigenvalue weighted by Gasteiger charge is 2.29. The Morgan fingerprint density at radius 3 is 2.19 bits per heavy atom. The van der Waals surface area contributed by atoms with Crippen molar-refractivity contribution in [3.63, 3.8) is 0 Å². The molecule has 1 aromatic rings. The van der Waals surface area contributed by atoms with Gasteiger partial charge in [-0.3, -0.25) is 0 Å². The number of hydrogen-bond acceptors (Lipinski definition) is 3. The lowest BCUT2D eigenvalue weighted by atomic mass is 9.76. The van der Waals surface area contributed by atoms with E-state index in [-0.39, 0.29) is 21.9 Å². The van der Waals surface area contributed by atoms with Crippen LogP contribution >= 0.6 is 0 Å². The number of rotatable bonds is 4. The van der Waals surface area contributed by atoms with E-state index in [4.69, 9.17) is 5.11 Å². The zero-order chi connectivity index (χ0) is 15.7. The smallest absolute Gasteiger partial charge is 0.335 e. The van der Waals surface area contributed by atoms with Gasteiger partial charge in [0.15, 0.2) is 0 Å². The van der Waals surface area contributed by atoms with Crippen LogP contribution in [0, 0.1) is 5.41 Å². The van der Waals surface area contributed by atoms with Crippen LogP contribution in [0.15, 0.2) is 29.2 Å². The van der Waals surface area contributed by atoms with Gasteiger partial charge in [0.25, 0.3) is 0 Å². The first-order valence-corrected chi connectivity index (χ1v) is 8.54. The summed E-state index contributed by atoms with van der Waals surface area (Å²) in [5.74, 6) is -1.07. The van der Waals surface area contributed by atoms with Gasteiger partial charge < -0.3 is 5.11 Å². The van der Waals surface area contributed by atoms with Gasteiger partial charge in [-0.25, -0.2) is 17.9 Å². The van der Waals surface area contributed by atoms with Gasteiger partial charge >= 0.3 is 5.97 Å². The quantitative estimate of drug-likeness (QED) is 0.895. The highest BCUT2D eigenvalue weighted by Crippen LogP contribution is 2.35. The number of aromatic carboxylic acids is 1. The molecular formula is C15H21NO4S. The van der Waals surface area contributed by atoms with Gasteiger partial charge in [0, 0.05) is 6.04 Å². The van der Waals surface area contributed by atoms with Gasteiger partial charge in [0.05, 0.1) is 10.5 Å². The minimum atomic E-state index is -3.58. The van der Waals surface area contributed by atoms with Gasteiger partial charge in [0.2, 0.25) is 10.0 Å². The zero-order valence-electron chi connectivity index (χ0n) is 12.3. The molecule has 2 N–H and O–H groups in total. The van der Waals surface area contributed by atoms with Crippen LogP contribution in [-0.4, -0.2) is 25.5 Å². The summed E-state index contributed by atoms with van der Waals surface area (Å²) in [6.07, 6.45) is 3.66. The molecule has 2 rings (SSSR count). The van der Waals surface area contributed by atoms with Gasteiger partial charge in [-0.2, -0.15) is 0 Å². The molecule has 21 heavy (non-hydrogen) atoms. The van der Waals surface area contributed by atoms with Crippen molar-refractivity contribution in [2.45, 2.75) is 50.5 Å². The molecule has 1 aromatic carbocycles. The number of hydrogen-bond donors (Lipinski definition) is 2. The second-order valence-electron chi connectivity index (χ2n) is 6.39. The second kappa shape index (κ2) is 5.77. The summed E-state index contributed by atoms with van der Waals surface area (Å²) in [6, 6.07) is 5.24. The summed E-state index contributed by atoms with van der Waals surface area (Å²) in [5.41, 5.74) is 0.360. The van der Waals surface area contributed by atoms with Gasteiger partial charge in [-0.05, 0) is 55.4 Å². The Bertz CT molecular complexity index is 610. The molecule has 1 fully saturated rings. The summed E-state index contributed by atoms with van der Waals surface area (Å²) in [7, 11) is -3.58. The Hall–Kier alpha value is -1.40. The molecule has 0 radical (unpaired) electrons. The van der Waals surface area contributed by atoms with Crippen LogP contribution in [0.3, 0.4) is 0 Å². The molecule has 0 aromatic heterocycles. The number of nitrogens with one attached hydrogen (secondary N) is 1. The Kier molecular flexibility index (Phi) is 4.39. The maximum atomic E-state index is 12.3. The summed E-state index contributed by atoms with van der Waals surface area (Å²) in [4.78, 5) is 10.9. The number of benzene rings is 1. The van der Waals surface area contributed by atoms with Crippen LogP contribution in [-0.2, 0) is 10.0 Å². The fourth-order valence-corrected chi connectivity index (χ4v) is 3.89. The van der Waals surface area contributed by atoms with E-state index in [2.05, 4.69) is 18.6 Å². The van der Waals surface area contributed by atoms with Gasteiger partial charge in [-0.15, -0.1) is 0 Å². The topological polar surface area (TPSA) is 83.5 Å². The predicted molar refractivity (Wildman–Crippen MR) is 79.8 cm³/mol. The molecule has 1 aliphatic rings. The molecule has 0 amide bonds. The lowest BCUT2D eigenvalue weighted by molar-refractivity contribution is 0.0696. The average molecular weight is 311 g/mol. The van der Waals surface area contributed by atoms with Crippen LogP contribution in [0.2, 0.25) is 0 Å². The van der Waals surface area contributed by atoms with E-state index in [1.807, 2.05) is 0 Å². The molecule has 1 saturated carbocycles. The van der Waals surface area contributed by atoms with Crippen molar-refractivity contribution in [2.75, 3.05) is 0 Å². The van der Waals surface area contributed by atoms with Crippen LogP contribution in [0.5, 0.6) is 0 Å². The highest BCUT2D eigenvalue weighted by atomic mass is 32.2. The van der Waals surface area contributed by atoms with E-state index >= 15 is 0 Å². The molecule has 0 saturated heterocycles. The van der Waals surface area contributed by atoms with E-state index in [1.165, 1.54) is 24.3 Å². The van der Waals surface area contributed by atoms with Crippen LogP contribution in [0.1, 0.15) is 49.9 Å². The van der Waals surface area contributed by atoms with Crippen molar-refractivity contribution >= 4 is 16.0 Å². The molecule has 0 atom stereocenters. The highest BCUT2D eigenvalue weighted by molar-refractivity contribution is 7.89. The van der Waals surface area contributed by atoms with Gasteiger partial charge in [0.1, 0.15) is 0 Å². The fraction of sp³-hybridized carbons (Fsp3) is 0.533. The van der Waals surface area contributed by atoms with Crippen LogP contribution in [0.4, 0.5) is 0 Å². The summed E-state index contributed by atoms with van der Waals surface area (Å²) >= 11 is 0. The van der Waals surface area contributed by atoms with Crippen LogP contribution < -0.4 is 4.72 Å². The van der Waals surface area contributed by atoms with Crippen LogP contribution in [0.25, 0.3) is 0 Å². The van der Waals surface area contributed by atoms with E-state index in [0.717, 1.165) is 25.7 Å². The zero-order valence-corrected chi connectivity index (χ0v) is 13.1. The normalized spacial score (nSPS) is 19.3. The third-order valence-electron chi connectivity index (χ3n) is 4.07. The average Bonchev–Trinajstić information content (AvgIpc) is 2.41. The number of carboxylic acids is 1. The molecule has 1 aliphatic carbocycles. The molecule has 0 spiro atoms. The van der Waals surface area contributed by atoms with Crippen molar-refractivity contribution < 1.29 is 18.3 Å². The van der Waals surface area contributed by atoms with Crippen molar-refractivity contribution in [2.24, 2.45) is 5.41 Å². The molecule has 6 heteroatoms. The maximum Gasteiger partial charge on any atom is 0.335 e. The van der Waals surface area contributed by atoms with Crippen molar-refractivity contribution in [1.29, 1.82) is 0 Å². The Morgan fingerprint density at radius 1 is 1.19 bits per heavy atom. The monoisotopic (exact) mass is 311 g/mol. The first-order valence-electron chi connectivity index (χ1n) is 7.05. The SMILES string of the molecule is CC1(C)CCC(NS(=O)(=O)c2ccc(C(=O)O)cc2)CC1. The van der Waals surface area contributed by atoms with E-state index in [9.17, 15) is 13.2 Å². The largest absolute Gasteiger partial charge is 0.478 e. The maximum absolute atomic E-state index is 12.3. The van der Waals surface area contributed by atoms with Crippen molar-refractivity contribution in [3.05, 3.63) is 29.8 Å². The third kappa shape index (κ3) is 4.04. The molecule has 0 unspecified atom stereocenters. The van der Waals surface area contributed by atoms with E-state index < -0.39 is 16.0 Å². The van der Waals surface area contributed by atoms with Crippen molar-refractivity contribution in [3.8, 4) is 0 Å². The Labute approximate surface area is 125 Å². The molecular weight excluding hydrogens is 290 g/mol. The Balaban J connectivity index is 2.07. The number of sulfonamides is 1. The second-order valence-corrected chi connectivity index (χ2v) is 8.10. The molecule has 0 bridgehead atoms. The standard InChI is InChI=1S/C15H21NO4S/c1-15(2)9-7-12(8-10-15)16-21(19,20)13-5-3-11(4-6-13)14(17)18/h3-6,12,16H,7-10H2,1-2H3,(H,17,18). The lowest BCUT2D eigenvalue weighted by Gasteiger charge is -2.34.